The molecule has 1 heterocycles. The molecule has 0 spiro atoms. The summed E-state index contributed by atoms with van der Waals surface area (Å²) in [5.74, 6) is -0.178. The second-order valence-corrected chi connectivity index (χ2v) is 9.59. The Morgan fingerprint density at radius 2 is 1.71 bits per heavy atom. The molecule has 194 valence electrons. The van der Waals surface area contributed by atoms with Crippen molar-refractivity contribution >= 4 is 5.91 Å². The Kier molecular flexibility index (Phi) is 7.80. The van der Waals surface area contributed by atoms with E-state index < -0.39 is 6.10 Å². The summed E-state index contributed by atoms with van der Waals surface area (Å²) in [7, 11) is 0. The van der Waals surface area contributed by atoms with Gasteiger partial charge in [-0.25, -0.2) is 8.78 Å². The summed E-state index contributed by atoms with van der Waals surface area (Å²) in [4.78, 5) is 15.0. The van der Waals surface area contributed by atoms with Crippen LogP contribution in [0, 0.1) is 11.6 Å². The molecule has 38 heavy (non-hydrogen) atoms. The van der Waals surface area contributed by atoms with Gasteiger partial charge in [0.1, 0.15) is 17.4 Å². The number of nitrogens with zero attached hydrogens (tertiary/aromatic N) is 1. The van der Waals surface area contributed by atoms with Crippen LogP contribution in [0.3, 0.4) is 0 Å². The van der Waals surface area contributed by atoms with Gasteiger partial charge in [0.2, 0.25) is 0 Å². The number of carbonyl (C=O) groups is 1. The van der Waals surface area contributed by atoms with Crippen molar-refractivity contribution in [2.75, 3.05) is 6.54 Å². The minimum atomic E-state index is -0.721. The molecular weight excluding hydrogens is 482 g/mol. The Balaban J connectivity index is 1.35. The molecular formula is C32H30F2N2O2. The van der Waals surface area contributed by atoms with Crippen molar-refractivity contribution in [1.82, 2.24) is 10.2 Å². The first kappa shape index (κ1) is 25.6. The van der Waals surface area contributed by atoms with Crippen molar-refractivity contribution in [3.63, 3.8) is 0 Å². The summed E-state index contributed by atoms with van der Waals surface area (Å²) >= 11 is 0. The quantitative estimate of drug-likeness (QED) is 0.306. The Bertz CT molecular complexity index is 1390. The topological polar surface area (TPSA) is 41.6 Å². The van der Waals surface area contributed by atoms with Crippen LogP contribution in [-0.4, -0.2) is 23.5 Å². The van der Waals surface area contributed by atoms with E-state index in [1.54, 1.807) is 25.1 Å². The third kappa shape index (κ3) is 5.92. The van der Waals surface area contributed by atoms with Crippen LogP contribution < -0.4 is 10.1 Å². The number of nitrogens with one attached hydrogen (secondary N) is 1. The van der Waals surface area contributed by atoms with Gasteiger partial charge in [-0.1, -0.05) is 66.7 Å². The lowest BCUT2D eigenvalue weighted by atomic mass is 9.87. The lowest BCUT2D eigenvalue weighted by Crippen LogP contribution is -2.37. The van der Waals surface area contributed by atoms with Gasteiger partial charge in [0.15, 0.2) is 6.10 Å². The van der Waals surface area contributed by atoms with Crippen molar-refractivity contribution in [2.24, 2.45) is 0 Å². The molecule has 4 aromatic rings. The summed E-state index contributed by atoms with van der Waals surface area (Å²) in [5, 5.41) is 2.84. The fraction of sp³-hybridized carbons (Fsp3) is 0.219. The van der Waals surface area contributed by atoms with Gasteiger partial charge < -0.3 is 10.1 Å². The SMILES string of the molecule is C[C@@H](Oc1ccc2c(c1)[C@H](c1ccccc1)N(Cc1ccccc1F)CC2)C(=O)NCc1ccc(F)cc1. The molecule has 0 radical (unpaired) electrons. The van der Waals surface area contributed by atoms with Crippen molar-refractivity contribution in [2.45, 2.75) is 38.6 Å². The molecule has 1 aliphatic heterocycles. The van der Waals surface area contributed by atoms with Crippen molar-refractivity contribution in [3.05, 3.63) is 137 Å². The highest BCUT2D eigenvalue weighted by Gasteiger charge is 2.30. The first-order valence-electron chi connectivity index (χ1n) is 12.8. The minimum Gasteiger partial charge on any atom is -0.481 e. The number of hydrogen-bond acceptors (Lipinski definition) is 3. The van der Waals surface area contributed by atoms with Gasteiger partial charge in [-0.05, 0) is 65.9 Å². The Morgan fingerprint density at radius 3 is 2.47 bits per heavy atom. The molecule has 4 aromatic carbocycles. The molecule has 0 unspecified atom stereocenters. The van der Waals surface area contributed by atoms with E-state index in [9.17, 15) is 13.6 Å². The smallest absolute Gasteiger partial charge is 0.261 e. The molecule has 0 saturated carbocycles. The maximum Gasteiger partial charge on any atom is 0.261 e. The van der Waals surface area contributed by atoms with Crippen molar-refractivity contribution in [1.29, 1.82) is 0 Å². The number of ether oxygens (including phenoxy) is 1. The summed E-state index contributed by atoms with van der Waals surface area (Å²) in [6, 6.07) is 29.0. The molecule has 0 aromatic heterocycles. The van der Waals surface area contributed by atoms with E-state index in [2.05, 4.69) is 28.4 Å². The van der Waals surface area contributed by atoms with Crippen LogP contribution in [0.15, 0.2) is 97.1 Å². The third-order valence-electron chi connectivity index (χ3n) is 6.95. The van der Waals surface area contributed by atoms with Crippen molar-refractivity contribution < 1.29 is 18.3 Å². The molecule has 1 N–H and O–H groups in total. The maximum atomic E-state index is 14.5. The Labute approximate surface area is 221 Å². The van der Waals surface area contributed by atoms with E-state index in [0.717, 1.165) is 29.7 Å². The lowest BCUT2D eigenvalue weighted by Gasteiger charge is -2.38. The monoisotopic (exact) mass is 512 g/mol. The van der Waals surface area contributed by atoms with Gasteiger partial charge in [-0.15, -0.1) is 0 Å². The van der Waals surface area contributed by atoms with E-state index in [0.29, 0.717) is 17.9 Å². The van der Waals surface area contributed by atoms with Gasteiger partial charge in [0.25, 0.3) is 5.91 Å². The predicted octanol–water partition coefficient (Wildman–Crippen LogP) is 6.20. The predicted molar refractivity (Wildman–Crippen MR) is 144 cm³/mol. The van der Waals surface area contributed by atoms with Crippen LogP contribution in [0.25, 0.3) is 0 Å². The number of hydrogen-bond donors (Lipinski definition) is 1. The van der Waals surface area contributed by atoms with Gasteiger partial charge >= 0.3 is 0 Å². The molecule has 0 fully saturated rings. The third-order valence-corrected chi connectivity index (χ3v) is 6.95. The molecule has 1 aliphatic rings. The van der Waals surface area contributed by atoms with E-state index >= 15 is 0 Å². The zero-order valence-electron chi connectivity index (χ0n) is 21.2. The minimum absolute atomic E-state index is 0.0780. The fourth-order valence-electron chi connectivity index (χ4n) is 4.95. The molecule has 4 nitrogen and oxygen atoms in total. The molecule has 0 aliphatic carbocycles. The number of halogens is 2. The van der Waals surface area contributed by atoms with E-state index in [1.807, 2.05) is 42.5 Å². The van der Waals surface area contributed by atoms with Crippen LogP contribution in [0.1, 0.15) is 40.8 Å². The van der Waals surface area contributed by atoms with E-state index in [-0.39, 0.29) is 30.1 Å². The van der Waals surface area contributed by atoms with Gasteiger partial charge in [0, 0.05) is 25.2 Å². The average molecular weight is 513 g/mol. The highest BCUT2D eigenvalue weighted by Crippen LogP contribution is 2.38. The van der Waals surface area contributed by atoms with Crippen molar-refractivity contribution in [3.8, 4) is 5.75 Å². The molecule has 5 rings (SSSR count). The number of amides is 1. The average Bonchev–Trinajstić information content (AvgIpc) is 2.94. The molecule has 1 amide bonds. The summed E-state index contributed by atoms with van der Waals surface area (Å²) < 4.78 is 33.7. The lowest BCUT2D eigenvalue weighted by molar-refractivity contribution is -0.127. The largest absolute Gasteiger partial charge is 0.481 e. The summed E-state index contributed by atoms with van der Waals surface area (Å²) in [6.45, 7) is 3.28. The fourth-order valence-corrected chi connectivity index (χ4v) is 4.95. The van der Waals surface area contributed by atoms with Crippen LogP contribution in [0.2, 0.25) is 0 Å². The van der Waals surface area contributed by atoms with Crippen LogP contribution in [-0.2, 0) is 24.3 Å². The normalized spacial score (nSPS) is 15.9. The second kappa shape index (κ2) is 11.6. The first-order chi connectivity index (χ1) is 18.5. The van der Waals surface area contributed by atoms with Crippen LogP contribution >= 0.6 is 0 Å². The summed E-state index contributed by atoms with van der Waals surface area (Å²) in [6.07, 6.45) is 0.114. The standard InChI is InChI=1S/C32H30F2N2O2/c1-22(32(37)35-20-23-11-14-27(33)15-12-23)38-28-16-13-24-17-18-36(21-26-9-5-6-10-30(26)34)31(29(24)19-28)25-7-3-2-4-8-25/h2-16,19,22,31H,17-18,20-21H2,1H3,(H,35,37)/t22-,31+/m1/s1. The van der Waals surface area contributed by atoms with Gasteiger partial charge in [-0.2, -0.15) is 0 Å². The molecule has 0 bridgehead atoms. The zero-order valence-corrected chi connectivity index (χ0v) is 21.2. The Hall–Kier alpha value is -4.03. The molecule has 2 atom stereocenters. The highest BCUT2D eigenvalue weighted by molar-refractivity contribution is 5.80. The van der Waals surface area contributed by atoms with Gasteiger partial charge in [0.05, 0.1) is 6.04 Å². The van der Waals surface area contributed by atoms with Crippen LogP contribution in [0.5, 0.6) is 5.75 Å². The Morgan fingerprint density at radius 1 is 0.974 bits per heavy atom. The molecule has 6 heteroatoms. The number of fused-ring (bicyclic) bond motifs is 1. The molecule has 0 saturated heterocycles. The first-order valence-corrected chi connectivity index (χ1v) is 12.8. The zero-order chi connectivity index (χ0) is 26.5. The van der Waals surface area contributed by atoms with E-state index in [4.69, 9.17) is 4.74 Å². The van der Waals surface area contributed by atoms with E-state index in [1.165, 1.54) is 23.8 Å². The van der Waals surface area contributed by atoms with Crippen LogP contribution in [0.4, 0.5) is 8.78 Å². The highest BCUT2D eigenvalue weighted by atomic mass is 19.1. The second-order valence-electron chi connectivity index (χ2n) is 9.59. The number of rotatable bonds is 8. The maximum absolute atomic E-state index is 14.5. The number of benzene rings is 4. The van der Waals surface area contributed by atoms with Gasteiger partial charge in [-0.3, -0.25) is 9.69 Å². The summed E-state index contributed by atoms with van der Waals surface area (Å²) in [5.41, 5.74) is 4.89. The number of carbonyl (C=O) groups excluding carboxylic acids is 1.